The van der Waals surface area contributed by atoms with Crippen molar-refractivity contribution in [1.82, 2.24) is 0 Å². The van der Waals surface area contributed by atoms with Gasteiger partial charge in [-0.2, -0.15) is 0 Å². The van der Waals surface area contributed by atoms with Crippen molar-refractivity contribution in [3.05, 3.63) is 48.6 Å². The first-order valence-corrected chi connectivity index (χ1v) is 22.2. The van der Waals surface area contributed by atoms with Crippen LogP contribution in [-0.4, -0.2) is 64.5 Å². The maximum absolute atomic E-state index is 12.7. The van der Waals surface area contributed by atoms with Crippen molar-refractivity contribution < 1.29 is 34.4 Å². The molecule has 308 valence electrons. The Labute approximate surface area is 327 Å². The van der Waals surface area contributed by atoms with Gasteiger partial charge in [0.05, 0.1) is 13.2 Å². The second kappa shape index (κ2) is 44.2. The molecule has 0 aliphatic carbocycles. The third-order valence-electron chi connectivity index (χ3n) is 9.48. The van der Waals surface area contributed by atoms with Crippen molar-refractivity contribution in [2.45, 2.75) is 187 Å². The molecule has 0 bridgehead atoms. The lowest BCUT2D eigenvalue weighted by Crippen LogP contribution is -2.88. The number of carbonyl (C=O) groups excluding carboxylic acids is 2. The van der Waals surface area contributed by atoms with Crippen molar-refractivity contribution in [3.8, 4) is 0 Å². The van der Waals surface area contributed by atoms with Gasteiger partial charge in [-0.15, -0.1) is 0 Å². The number of esters is 2. The molecule has 0 radical (unpaired) electrons. The molecule has 0 fully saturated rings. The highest BCUT2D eigenvalue weighted by atomic mass is 16.5. The minimum absolute atomic E-state index is 0.00676. The van der Waals surface area contributed by atoms with Crippen LogP contribution >= 0.6 is 0 Å². The fourth-order valence-electron chi connectivity index (χ4n) is 6.17. The number of hydrogen-bond donors (Lipinski definition) is 2. The summed E-state index contributed by atoms with van der Waals surface area (Å²) < 4.78 is 16.2. The maximum Gasteiger partial charge on any atom is 0.361 e. The van der Waals surface area contributed by atoms with Gasteiger partial charge in [0.15, 0.2) is 13.1 Å². The van der Waals surface area contributed by atoms with Crippen LogP contribution in [0.4, 0.5) is 0 Å². The molecule has 0 heterocycles. The third kappa shape index (κ3) is 42.4. The first kappa shape index (κ1) is 50.8. The molecule has 0 aromatic heterocycles. The number of ether oxygens (including phenoxy) is 3. The third-order valence-corrected chi connectivity index (χ3v) is 9.48. The number of unbranched alkanes of at least 4 members (excludes halogenated alkanes) is 18. The van der Waals surface area contributed by atoms with E-state index in [9.17, 15) is 9.59 Å². The van der Waals surface area contributed by atoms with E-state index < -0.39 is 0 Å². The van der Waals surface area contributed by atoms with E-state index in [4.69, 9.17) is 14.2 Å². The Bertz CT molecular complexity index is 900. The highest BCUT2D eigenvalue weighted by molar-refractivity contribution is 5.70. The zero-order valence-corrected chi connectivity index (χ0v) is 35.0. The van der Waals surface area contributed by atoms with E-state index in [2.05, 4.69) is 62.5 Å². The van der Waals surface area contributed by atoms with Gasteiger partial charge in [-0.05, 0) is 89.9 Å². The molecule has 7 nitrogen and oxygen atoms in total. The fourth-order valence-corrected chi connectivity index (χ4v) is 6.17. The molecular weight excluding hydrogens is 661 g/mol. The number of methoxy groups -OCH3 is 1. The van der Waals surface area contributed by atoms with Crippen LogP contribution in [0.15, 0.2) is 48.6 Å². The first-order chi connectivity index (χ1) is 26.1. The van der Waals surface area contributed by atoms with Crippen molar-refractivity contribution >= 4 is 11.9 Å². The summed E-state index contributed by atoms with van der Waals surface area (Å²) in [6, 6.07) is 0. The summed E-state index contributed by atoms with van der Waals surface area (Å²) in [5.41, 5.74) is 0. The fraction of sp³-hybridized carbons (Fsp3) is 0.783. The Morgan fingerprint density at radius 2 is 0.887 bits per heavy atom. The zero-order chi connectivity index (χ0) is 38.6. The topological polar surface area (TPSA) is 95.1 Å². The van der Waals surface area contributed by atoms with E-state index in [-0.39, 0.29) is 31.1 Å². The Kier molecular flexibility index (Phi) is 42.3. The van der Waals surface area contributed by atoms with Crippen LogP contribution in [0.25, 0.3) is 0 Å². The lowest BCUT2D eigenvalue weighted by atomic mass is 10.0. The van der Waals surface area contributed by atoms with Crippen LogP contribution < -0.4 is 10.6 Å². The maximum atomic E-state index is 12.7. The van der Waals surface area contributed by atoms with Crippen LogP contribution in [0.1, 0.15) is 181 Å². The van der Waals surface area contributed by atoms with E-state index >= 15 is 0 Å². The van der Waals surface area contributed by atoms with Gasteiger partial charge in [0, 0.05) is 7.11 Å². The van der Waals surface area contributed by atoms with E-state index in [0.29, 0.717) is 19.8 Å². The monoisotopic (exact) mass is 747 g/mol. The lowest BCUT2D eigenvalue weighted by Gasteiger charge is -2.18. The molecule has 7 heteroatoms. The molecule has 0 aliphatic heterocycles. The van der Waals surface area contributed by atoms with Crippen molar-refractivity contribution in [2.24, 2.45) is 0 Å². The summed E-state index contributed by atoms with van der Waals surface area (Å²) in [5, 5.41) is 3.75. The van der Waals surface area contributed by atoms with Gasteiger partial charge in [-0.25, -0.2) is 9.59 Å². The van der Waals surface area contributed by atoms with Gasteiger partial charge < -0.3 is 24.8 Å². The number of carbonyl (C=O) groups is 2. The van der Waals surface area contributed by atoms with Crippen LogP contribution in [0, 0.1) is 0 Å². The van der Waals surface area contributed by atoms with Crippen molar-refractivity contribution in [2.75, 3.05) is 46.5 Å². The summed E-state index contributed by atoms with van der Waals surface area (Å²) in [7, 11) is 1.65. The number of allylic oxidation sites excluding steroid dienone is 8. The Balaban J connectivity index is 4.25. The second-order valence-electron chi connectivity index (χ2n) is 14.6. The molecule has 0 saturated carbocycles. The van der Waals surface area contributed by atoms with Gasteiger partial charge in [0.1, 0.15) is 19.3 Å². The largest absolute Gasteiger partial charge is 0.458 e. The Morgan fingerprint density at radius 1 is 0.491 bits per heavy atom. The van der Waals surface area contributed by atoms with Gasteiger partial charge in [-0.1, -0.05) is 140 Å². The predicted molar refractivity (Wildman–Crippen MR) is 224 cm³/mol. The highest BCUT2D eigenvalue weighted by Gasteiger charge is 2.16. The first-order valence-electron chi connectivity index (χ1n) is 22.2. The predicted octanol–water partition coefficient (Wildman–Crippen LogP) is 9.62. The molecule has 0 aromatic rings. The molecule has 0 amide bonds. The number of hydrogen-bond acceptors (Lipinski definition) is 5. The smallest absolute Gasteiger partial charge is 0.361 e. The highest BCUT2D eigenvalue weighted by Crippen LogP contribution is 2.17. The minimum atomic E-state index is -0.237. The second-order valence-corrected chi connectivity index (χ2v) is 14.6. The average Bonchev–Trinajstić information content (AvgIpc) is 3.15. The quantitative estimate of drug-likeness (QED) is 0.0369. The van der Waals surface area contributed by atoms with Crippen LogP contribution in [0.2, 0.25) is 0 Å². The normalized spacial score (nSPS) is 12.6. The van der Waals surface area contributed by atoms with Gasteiger partial charge >= 0.3 is 11.9 Å². The van der Waals surface area contributed by atoms with Crippen LogP contribution in [-0.2, 0) is 23.8 Å². The average molecular weight is 747 g/mol. The summed E-state index contributed by atoms with van der Waals surface area (Å²) in [6.45, 7) is 7.25. The molecule has 0 rings (SSSR count). The Hall–Kier alpha value is -2.22. The molecule has 0 saturated heterocycles. The summed E-state index contributed by atoms with van der Waals surface area (Å²) in [6.07, 6.45) is 50.2. The van der Waals surface area contributed by atoms with E-state index in [1.807, 2.05) is 10.6 Å². The summed E-state index contributed by atoms with van der Waals surface area (Å²) in [5.74, 6) is -0.396. The summed E-state index contributed by atoms with van der Waals surface area (Å²) in [4.78, 5) is 24.5. The SMILES string of the molecule is CCCCC/C=C\C/C=C\CCCCCCCCCC(CCCCCCC/C=C\C/C=C\CCCCC)OC(=O)C[NH2+]CCOC(=O)C[NH2+]CCOC. The molecule has 1 atom stereocenters. The number of nitrogens with two attached hydrogens (primary N) is 2. The van der Waals surface area contributed by atoms with Gasteiger partial charge in [-0.3, -0.25) is 0 Å². The molecule has 0 spiro atoms. The molecular formula is C46H86N2O5+2. The molecule has 0 aliphatic rings. The standard InChI is InChI=1S/C46H84N2O5/c1-4-6-8-10-12-14-16-18-20-21-23-25-27-29-31-33-35-37-44(53-46(50)43-48-39-41-52-45(49)42-47-38-40-51-3)36-34-32-30-28-26-24-22-19-17-15-13-11-9-7-5-2/h12-15,18-20,22,44,47-48H,4-11,16-17,21,23-43H2,1-3H3/p+2/b14-12-,15-13-,20-18-,22-19-. The number of rotatable bonds is 41. The van der Waals surface area contributed by atoms with Gasteiger partial charge in [0.2, 0.25) is 0 Å². The minimum Gasteiger partial charge on any atom is -0.458 e. The zero-order valence-electron chi connectivity index (χ0n) is 35.0. The van der Waals surface area contributed by atoms with E-state index in [0.717, 1.165) is 45.1 Å². The van der Waals surface area contributed by atoms with Crippen molar-refractivity contribution in [1.29, 1.82) is 0 Å². The molecule has 4 N–H and O–H groups in total. The lowest BCUT2D eigenvalue weighted by molar-refractivity contribution is -0.650. The molecule has 53 heavy (non-hydrogen) atoms. The molecule has 1 unspecified atom stereocenters. The van der Waals surface area contributed by atoms with Crippen LogP contribution in [0.3, 0.4) is 0 Å². The van der Waals surface area contributed by atoms with E-state index in [1.54, 1.807) is 7.11 Å². The van der Waals surface area contributed by atoms with Gasteiger partial charge in [0.25, 0.3) is 0 Å². The van der Waals surface area contributed by atoms with Crippen molar-refractivity contribution in [3.63, 3.8) is 0 Å². The molecule has 0 aromatic carbocycles. The van der Waals surface area contributed by atoms with Crippen LogP contribution in [0.5, 0.6) is 0 Å². The number of quaternary nitrogens is 2. The van der Waals surface area contributed by atoms with E-state index in [1.165, 1.54) is 128 Å². The summed E-state index contributed by atoms with van der Waals surface area (Å²) >= 11 is 0. The Morgan fingerprint density at radius 3 is 1.34 bits per heavy atom.